The molecule has 0 heterocycles. The van der Waals surface area contributed by atoms with Gasteiger partial charge in [0.05, 0.1) is 0 Å². The van der Waals surface area contributed by atoms with E-state index in [1.54, 1.807) is 0 Å². The van der Waals surface area contributed by atoms with Crippen LogP contribution in [0.5, 0.6) is 0 Å². The standard InChI is InChI=1S/C9H3NO3/c1-2-3-4-5-6-7-8-9-13-10(11)12/h1H,9H2. The van der Waals surface area contributed by atoms with E-state index in [0.717, 1.165) is 0 Å². The lowest BCUT2D eigenvalue weighted by Gasteiger charge is -1.84. The van der Waals surface area contributed by atoms with Crippen LogP contribution in [-0.4, -0.2) is 11.7 Å². The van der Waals surface area contributed by atoms with E-state index in [9.17, 15) is 10.1 Å². The fraction of sp³-hybridized carbons (Fsp3) is 0.111. The summed E-state index contributed by atoms with van der Waals surface area (Å²) in [5.74, 6) is 15.8. The SMILES string of the molecule is C#CC#CC#CC#CCO[N+](=O)[O-]. The summed E-state index contributed by atoms with van der Waals surface area (Å²) in [5.41, 5.74) is 0. The molecule has 0 amide bonds. The zero-order valence-electron chi connectivity index (χ0n) is 6.46. The van der Waals surface area contributed by atoms with E-state index in [-0.39, 0.29) is 6.61 Å². The first kappa shape index (κ1) is 10.4. The van der Waals surface area contributed by atoms with Gasteiger partial charge in [0.2, 0.25) is 0 Å². The molecule has 0 aliphatic heterocycles. The summed E-state index contributed by atoms with van der Waals surface area (Å²) in [6.45, 7) is -0.301. The highest BCUT2D eigenvalue weighted by Gasteiger charge is 1.86. The Kier molecular flexibility index (Phi) is 6.06. The second-order valence-corrected chi connectivity index (χ2v) is 1.44. The van der Waals surface area contributed by atoms with Gasteiger partial charge in [0.15, 0.2) is 6.61 Å². The molecular formula is C9H3NO3. The number of hydrogen-bond donors (Lipinski definition) is 0. The van der Waals surface area contributed by atoms with Crippen LogP contribution in [-0.2, 0) is 4.84 Å². The number of hydrogen-bond acceptors (Lipinski definition) is 3. The van der Waals surface area contributed by atoms with Crippen LogP contribution in [0.15, 0.2) is 0 Å². The molecule has 4 nitrogen and oxygen atoms in total. The first-order chi connectivity index (χ1) is 6.27. The van der Waals surface area contributed by atoms with Crippen LogP contribution < -0.4 is 0 Å². The summed E-state index contributed by atoms with van der Waals surface area (Å²) >= 11 is 0. The average Bonchev–Trinajstić information content (AvgIpc) is 2.09. The van der Waals surface area contributed by atoms with Crippen LogP contribution >= 0.6 is 0 Å². The highest BCUT2D eigenvalue weighted by molar-refractivity contribution is 5.39. The molecule has 0 aromatic rings. The van der Waals surface area contributed by atoms with Gasteiger partial charge in [-0.15, -0.1) is 16.5 Å². The van der Waals surface area contributed by atoms with Crippen molar-refractivity contribution in [2.75, 3.05) is 6.61 Å². The average molecular weight is 173 g/mol. The van der Waals surface area contributed by atoms with Crippen LogP contribution in [0.1, 0.15) is 0 Å². The predicted octanol–water partition coefficient (Wildman–Crippen LogP) is -0.162. The van der Waals surface area contributed by atoms with E-state index in [4.69, 9.17) is 6.42 Å². The van der Waals surface area contributed by atoms with Gasteiger partial charge in [-0.1, -0.05) is 5.92 Å². The second kappa shape index (κ2) is 7.55. The predicted molar refractivity (Wildman–Crippen MR) is 45.1 cm³/mol. The summed E-state index contributed by atoms with van der Waals surface area (Å²) in [5, 5.41) is 8.68. The van der Waals surface area contributed by atoms with Gasteiger partial charge in [0.25, 0.3) is 5.09 Å². The van der Waals surface area contributed by atoms with Gasteiger partial charge in [0, 0.05) is 0 Å². The van der Waals surface area contributed by atoms with Crippen molar-refractivity contribution >= 4 is 0 Å². The molecule has 0 atom stereocenters. The number of rotatable bonds is 2. The van der Waals surface area contributed by atoms with Crippen molar-refractivity contribution < 1.29 is 9.92 Å². The van der Waals surface area contributed by atoms with E-state index < -0.39 is 5.09 Å². The highest BCUT2D eigenvalue weighted by atomic mass is 16.9. The highest BCUT2D eigenvalue weighted by Crippen LogP contribution is 1.70. The third-order valence-corrected chi connectivity index (χ3v) is 0.653. The third kappa shape index (κ3) is 9.44. The first-order valence-electron chi connectivity index (χ1n) is 2.98. The Hall–Kier alpha value is -2.56. The lowest BCUT2D eigenvalue weighted by molar-refractivity contribution is -0.754. The smallest absolute Gasteiger partial charge is 0.295 e. The van der Waals surface area contributed by atoms with Crippen molar-refractivity contribution in [1.82, 2.24) is 0 Å². The fourth-order valence-electron chi connectivity index (χ4n) is 0.295. The Balaban J connectivity index is 3.79. The van der Waals surface area contributed by atoms with E-state index in [0.29, 0.717) is 0 Å². The molecule has 0 spiro atoms. The molecule has 62 valence electrons. The van der Waals surface area contributed by atoms with Gasteiger partial charge < -0.3 is 4.84 Å². The van der Waals surface area contributed by atoms with Crippen LogP contribution in [0.2, 0.25) is 0 Å². The van der Waals surface area contributed by atoms with Crippen molar-refractivity contribution in [3.8, 4) is 47.9 Å². The quantitative estimate of drug-likeness (QED) is 0.331. The Morgan fingerprint density at radius 1 is 1.23 bits per heavy atom. The lowest BCUT2D eigenvalue weighted by atomic mass is 10.5. The third-order valence-electron chi connectivity index (χ3n) is 0.653. The molecule has 0 N–H and O–H groups in total. The molecular weight excluding hydrogens is 170 g/mol. The molecule has 0 aliphatic carbocycles. The van der Waals surface area contributed by atoms with Gasteiger partial charge in [-0.05, 0) is 35.5 Å². The molecule has 0 aliphatic rings. The monoisotopic (exact) mass is 173 g/mol. The van der Waals surface area contributed by atoms with Crippen molar-refractivity contribution in [3.63, 3.8) is 0 Å². The minimum atomic E-state index is -0.930. The summed E-state index contributed by atoms with van der Waals surface area (Å²) in [6, 6.07) is 0. The summed E-state index contributed by atoms with van der Waals surface area (Å²) < 4.78 is 0. The maximum atomic E-state index is 9.61. The molecule has 0 fully saturated rings. The molecule has 13 heavy (non-hydrogen) atoms. The van der Waals surface area contributed by atoms with Gasteiger partial charge in [-0.25, -0.2) is 0 Å². The molecule has 0 saturated heterocycles. The van der Waals surface area contributed by atoms with Crippen molar-refractivity contribution in [1.29, 1.82) is 0 Å². The summed E-state index contributed by atoms with van der Waals surface area (Å²) in [4.78, 5) is 13.5. The minimum Gasteiger partial charge on any atom is -0.301 e. The van der Waals surface area contributed by atoms with Crippen LogP contribution in [0.4, 0.5) is 0 Å². The Bertz CT molecular complexity index is 398. The van der Waals surface area contributed by atoms with Crippen molar-refractivity contribution in [3.05, 3.63) is 10.1 Å². The fourth-order valence-corrected chi connectivity index (χ4v) is 0.295. The van der Waals surface area contributed by atoms with Crippen LogP contribution in [0, 0.1) is 58.0 Å². The maximum Gasteiger partial charge on any atom is 0.295 e. The Morgan fingerprint density at radius 3 is 2.46 bits per heavy atom. The zero-order valence-corrected chi connectivity index (χ0v) is 6.46. The Morgan fingerprint density at radius 2 is 1.85 bits per heavy atom. The molecule has 0 bridgehead atoms. The van der Waals surface area contributed by atoms with Crippen molar-refractivity contribution in [2.24, 2.45) is 0 Å². The molecule has 0 rings (SSSR count). The normalized spacial score (nSPS) is 5.46. The van der Waals surface area contributed by atoms with E-state index in [1.807, 2.05) is 0 Å². The van der Waals surface area contributed by atoms with Gasteiger partial charge in [0.1, 0.15) is 0 Å². The van der Waals surface area contributed by atoms with E-state index >= 15 is 0 Å². The zero-order chi connectivity index (χ0) is 9.94. The second-order valence-electron chi connectivity index (χ2n) is 1.44. The first-order valence-corrected chi connectivity index (χ1v) is 2.98. The largest absolute Gasteiger partial charge is 0.301 e. The van der Waals surface area contributed by atoms with Gasteiger partial charge in [-0.3, -0.25) is 0 Å². The molecule has 0 saturated carbocycles. The number of terminal acetylenes is 1. The van der Waals surface area contributed by atoms with E-state index in [2.05, 4.69) is 46.3 Å². The molecule has 0 radical (unpaired) electrons. The van der Waals surface area contributed by atoms with Gasteiger partial charge >= 0.3 is 0 Å². The van der Waals surface area contributed by atoms with Crippen LogP contribution in [0.25, 0.3) is 0 Å². The van der Waals surface area contributed by atoms with Gasteiger partial charge in [-0.2, -0.15) is 0 Å². The molecule has 0 unspecified atom stereocenters. The van der Waals surface area contributed by atoms with E-state index in [1.165, 1.54) is 0 Å². The lowest BCUT2D eigenvalue weighted by Crippen LogP contribution is -1.99. The molecule has 4 heteroatoms. The summed E-state index contributed by atoms with van der Waals surface area (Å²) in [7, 11) is 0. The molecule has 0 aromatic carbocycles. The molecule has 0 aromatic heterocycles. The Labute approximate surface area is 75.4 Å². The van der Waals surface area contributed by atoms with Crippen molar-refractivity contribution in [2.45, 2.75) is 0 Å². The summed E-state index contributed by atoms with van der Waals surface area (Å²) in [6.07, 6.45) is 4.80. The minimum absolute atomic E-state index is 0.301. The maximum absolute atomic E-state index is 9.61. The number of nitrogens with zero attached hydrogens (tertiary/aromatic N) is 1. The van der Waals surface area contributed by atoms with Crippen LogP contribution in [0.3, 0.4) is 0 Å². The topological polar surface area (TPSA) is 52.4 Å².